The van der Waals surface area contributed by atoms with Crippen molar-refractivity contribution >= 4 is 6.21 Å². The Balaban J connectivity index is 2.93. The summed E-state index contributed by atoms with van der Waals surface area (Å²) in [4.78, 5) is 4.51. The predicted octanol–water partition coefficient (Wildman–Crippen LogP) is 2.57. The second-order valence-corrected chi connectivity index (χ2v) is 4.03. The summed E-state index contributed by atoms with van der Waals surface area (Å²) in [6.07, 6.45) is 8.40. The fourth-order valence-corrected chi connectivity index (χ4v) is 1.26. The maximum atomic E-state index is 6.98. The average Bonchev–Trinajstić information content (AvgIpc) is 2.27. The molecule has 0 radical (unpaired) electrons. The van der Waals surface area contributed by atoms with Gasteiger partial charge in [0, 0.05) is 5.69 Å². The molecule has 0 saturated heterocycles. The molecule has 1 N–H and O–H groups in total. The minimum atomic E-state index is -0.319. The van der Waals surface area contributed by atoms with Crippen molar-refractivity contribution in [3.63, 3.8) is 0 Å². The van der Waals surface area contributed by atoms with Crippen LogP contribution >= 0.6 is 0 Å². The van der Waals surface area contributed by atoms with Gasteiger partial charge in [0.15, 0.2) is 0 Å². The van der Waals surface area contributed by atoms with E-state index in [1.54, 1.807) is 0 Å². The molecule has 0 unspecified atom stereocenters. The van der Waals surface area contributed by atoms with E-state index in [9.17, 15) is 0 Å². The molecular weight excluding hydrogens is 184 g/mol. The number of hydrogen-bond donors (Lipinski definition) is 1. The molecule has 78 valence electrons. The van der Waals surface area contributed by atoms with Gasteiger partial charge in [-0.3, -0.25) is 4.98 Å². The summed E-state index contributed by atoms with van der Waals surface area (Å²) in [7, 11) is 0. The minimum Gasteiger partial charge on any atom is -0.313 e. The molecule has 0 fully saturated rings. The first-order valence-electron chi connectivity index (χ1n) is 5.03. The van der Waals surface area contributed by atoms with E-state index < -0.39 is 0 Å². The summed E-state index contributed by atoms with van der Waals surface area (Å²) in [5.74, 6) is 2.73. The molecule has 0 aliphatic heterocycles. The van der Waals surface area contributed by atoms with Crippen LogP contribution in [0.15, 0.2) is 18.2 Å². The lowest BCUT2D eigenvalue weighted by molar-refractivity contribution is 0.664. The molecule has 0 atom stereocenters. The zero-order chi connectivity index (χ0) is 11.3. The normalized spacial score (nSPS) is 10.7. The van der Waals surface area contributed by atoms with E-state index in [0.717, 1.165) is 24.2 Å². The van der Waals surface area contributed by atoms with Gasteiger partial charge in [-0.25, -0.2) is 0 Å². The molecule has 2 heteroatoms. The van der Waals surface area contributed by atoms with Crippen molar-refractivity contribution in [2.75, 3.05) is 0 Å². The molecule has 0 aliphatic rings. The van der Waals surface area contributed by atoms with Crippen molar-refractivity contribution in [1.82, 2.24) is 4.98 Å². The van der Waals surface area contributed by atoms with Gasteiger partial charge in [0.05, 0.1) is 11.1 Å². The average molecular weight is 200 g/mol. The van der Waals surface area contributed by atoms with Gasteiger partial charge in [-0.15, -0.1) is 6.42 Å². The summed E-state index contributed by atoms with van der Waals surface area (Å²) in [5.41, 5.74) is 1.60. The molecule has 0 aliphatic carbocycles. The van der Waals surface area contributed by atoms with E-state index >= 15 is 0 Å². The maximum absolute atomic E-state index is 6.98. The summed E-state index contributed by atoms with van der Waals surface area (Å²) >= 11 is 0. The monoisotopic (exact) mass is 200 g/mol. The molecule has 0 saturated carbocycles. The quantitative estimate of drug-likeness (QED) is 0.588. The third kappa shape index (κ3) is 2.92. The first-order valence-corrected chi connectivity index (χ1v) is 5.03. The maximum Gasteiger partial charge on any atom is 0.0675 e. The molecule has 0 amide bonds. The van der Waals surface area contributed by atoms with Gasteiger partial charge in [-0.2, -0.15) is 0 Å². The van der Waals surface area contributed by atoms with Crippen LogP contribution < -0.4 is 0 Å². The lowest BCUT2D eigenvalue weighted by Crippen LogP contribution is -2.16. The minimum absolute atomic E-state index is 0.319. The van der Waals surface area contributed by atoms with Crippen molar-refractivity contribution in [2.24, 2.45) is 0 Å². The van der Waals surface area contributed by atoms with Crippen LogP contribution in [0.25, 0.3) is 0 Å². The van der Waals surface area contributed by atoms with Crippen molar-refractivity contribution in [3.8, 4) is 12.3 Å². The Kier molecular flexibility index (Phi) is 3.62. The van der Waals surface area contributed by atoms with Crippen LogP contribution in [0.2, 0.25) is 0 Å². The highest BCUT2D eigenvalue weighted by Gasteiger charge is 2.18. The molecule has 1 heterocycles. The Morgan fingerprint density at radius 3 is 2.87 bits per heavy atom. The fraction of sp³-hybridized carbons (Fsp3) is 0.385. The van der Waals surface area contributed by atoms with Crippen LogP contribution in [0.1, 0.15) is 31.7 Å². The van der Waals surface area contributed by atoms with E-state index in [4.69, 9.17) is 11.8 Å². The zero-order valence-corrected chi connectivity index (χ0v) is 9.25. The third-order valence-electron chi connectivity index (χ3n) is 2.35. The molecular formula is C13H16N2. The van der Waals surface area contributed by atoms with Gasteiger partial charge >= 0.3 is 0 Å². The van der Waals surface area contributed by atoms with Crippen LogP contribution in [0.4, 0.5) is 0 Å². The lowest BCUT2D eigenvalue weighted by Gasteiger charge is -2.17. The molecule has 1 rings (SSSR count). The first-order chi connectivity index (χ1) is 7.10. The first kappa shape index (κ1) is 11.5. The van der Waals surface area contributed by atoms with E-state index in [1.165, 1.54) is 6.21 Å². The number of rotatable bonds is 4. The number of pyridine rings is 1. The van der Waals surface area contributed by atoms with Crippen molar-refractivity contribution < 1.29 is 0 Å². The van der Waals surface area contributed by atoms with Crippen molar-refractivity contribution in [3.05, 3.63) is 29.6 Å². The standard InChI is InChI=1S/C13H16N2/c1-4-13(2,3)12-9-5-7-11(15-12)8-6-10-14/h1,5,7,9-10,14H,6,8H2,2-3H3. The smallest absolute Gasteiger partial charge is 0.0675 e. The Labute approximate surface area is 91.3 Å². The molecule has 0 bridgehead atoms. The highest BCUT2D eigenvalue weighted by molar-refractivity contribution is 5.53. The number of nitrogens with zero attached hydrogens (tertiary/aromatic N) is 1. The Morgan fingerprint density at radius 2 is 2.27 bits per heavy atom. The largest absolute Gasteiger partial charge is 0.313 e. The fourth-order valence-electron chi connectivity index (χ4n) is 1.26. The van der Waals surface area contributed by atoms with Gasteiger partial charge in [0.1, 0.15) is 0 Å². The van der Waals surface area contributed by atoms with E-state index in [2.05, 4.69) is 10.9 Å². The van der Waals surface area contributed by atoms with Crippen LogP contribution in [0.3, 0.4) is 0 Å². The lowest BCUT2D eigenvalue weighted by atomic mass is 9.90. The molecule has 1 aromatic rings. The van der Waals surface area contributed by atoms with Gasteiger partial charge in [0.2, 0.25) is 0 Å². The molecule has 0 spiro atoms. The number of aromatic nitrogens is 1. The van der Waals surface area contributed by atoms with Gasteiger partial charge < -0.3 is 5.41 Å². The predicted molar refractivity (Wildman–Crippen MR) is 63.2 cm³/mol. The van der Waals surface area contributed by atoms with E-state index in [-0.39, 0.29) is 5.41 Å². The number of nitrogens with one attached hydrogen (secondary N) is 1. The summed E-state index contributed by atoms with van der Waals surface area (Å²) < 4.78 is 0. The van der Waals surface area contributed by atoms with Gasteiger partial charge in [0.25, 0.3) is 0 Å². The van der Waals surface area contributed by atoms with E-state index in [1.807, 2.05) is 32.0 Å². The van der Waals surface area contributed by atoms with Gasteiger partial charge in [-0.1, -0.05) is 12.0 Å². The Hall–Kier alpha value is -1.62. The highest BCUT2D eigenvalue weighted by atomic mass is 14.7. The molecule has 15 heavy (non-hydrogen) atoms. The number of terminal acetylenes is 1. The van der Waals surface area contributed by atoms with Crippen LogP contribution in [-0.4, -0.2) is 11.2 Å². The molecule has 1 aromatic heterocycles. The molecule has 0 aromatic carbocycles. The third-order valence-corrected chi connectivity index (χ3v) is 2.35. The zero-order valence-electron chi connectivity index (χ0n) is 9.25. The van der Waals surface area contributed by atoms with Crippen LogP contribution in [0.5, 0.6) is 0 Å². The Morgan fingerprint density at radius 1 is 1.53 bits per heavy atom. The molecule has 2 nitrogen and oxygen atoms in total. The van der Waals surface area contributed by atoms with Crippen molar-refractivity contribution in [1.29, 1.82) is 5.41 Å². The van der Waals surface area contributed by atoms with Gasteiger partial charge in [-0.05, 0) is 45.0 Å². The second kappa shape index (κ2) is 4.75. The second-order valence-electron chi connectivity index (χ2n) is 4.03. The highest BCUT2D eigenvalue weighted by Crippen LogP contribution is 2.20. The van der Waals surface area contributed by atoms with E-state index in [0.29, 0.717) is 0 Å². The van der Waals surface area contributed by atoms with Crippen molar-refractivity contribution in [2.45, 2.75) is 32.1 Å². The number of hydrogen-bond acceptors (Lipinski definition) is 2. The summed E-state index contributed by atoms with van der Waals surface area (Å²) in [6, 6.07) is 5.90. The summed E-state index contributed by atoms with van der Waals surface area (Å²) in [5, 5.41) is 6.98. The van der Waals surface area contributed by atoms with Crippen LogP contribution in [0, 0.1) is 17.8 Å². The topological polar surface area (TPSA) is 36.7 Å². The SMILES string of the molecule is C#CC(C)(C)c1cccc(CCC=N)n1. The summed E-state index contributed by atoms with van der Waals surface area (Å²) in [6.45, 7) is 3.96. The Bertz CT molecular complexity index is 386. The number of aryl methyl sites for hydroxylation is 1. The van der Waals surface area contributed by atoms with Crippen LogP contribution in [-0.2, 0) is 11.8 Å².